The lowest BCUT2D eigenvalue weighted by Crippen LogP contribution is -2.46. The summed E-state index contributed by atoms with van der Waals surface area (Å²) in [5.74, 6) is 1.35. The average Bonchev–Trinajstić information content (AvgIpc) is 3.29. The van der Waals surface area contributed by atoms with Crippen molar-refractivity contribution in [2.45, 2.75) is 31.8 Å². The van der Waals surface area contributed by atoms with Crippen LogP contribution in [0.25, 0.3) is 0 Å². The van der Waals surface area contributed by atoms with E-state index in [-0.39, 0.29) is 11.6 Å². The van der Waals surface area contributed by atoms with E-state index in [2.05, 4.69) is 29.3 Å². The molecule has 1 aromatic rings. The fourth-order valence-electron chi connectivity index (χ4n) is 3.94. The second-order valence-electron chi connectivity index (χ2n) is 7.75. The number of carbonyl (C=O) groups is 1. The van der Waals surface area contributed by atoms with Gasteiger partial charge in [0.25, 0.3) is 0 Å². The maximum atomic E-state index is 12.4. The fraction of sp³-hybridized carbons (Fsp3) is 0.650. The maximum Gasteiger partial charge on any atom is 0.317 e. The molecule has 26 heavy (non-hydrogen) atoms. The molecule has 6 nitrogen and oxygen atoms in total. The summed E-state index contributed by atoms with van der Waals surface area (Å²) >= 11 is 0. The standard InChI is InChI=1S/C20H31N3O3/c1-20(9-5-11-26-20)15-22(2)19(24)21-13-16-8-10-23(14-16)17-6-4-7-18(12-17)25-3/h4,6-7,12,16H,5,8-11,13-15H2,1-3H3,(H,21,24). The monoisotopic (exact) mass is 361 g/mol. The number of nitrogens with one attached hydrogen (secondary N) is 1. The zero-order valence-electron chi connectivity index (χ0n) is 16.2. The molecule has 0 saturated carbocycles. The minimum absolute atomic E-state index is 0.0124. The smallest absolute Gasteiger partial charge is 0.317 e. The summed E-state index contributed by atoms with van der Waals surface area (Å²) in [5.41, 5.74) is 0.990. The first kappa shape index (κ1) is 18.8. The number of nitrogens with zero attached hydrogens (tertiary/aromatic N) is 2. The molecule has 2 unspecified atom stereocenters. The predicted octanol–water partition coefficient (Wildman–Crippen LogP) is 2.73. The Morgan fingerprint density at radius 1 is 1.50 bits per heavy atom. The minimum atomic E-state index is -0.192. The molecule has 0 aromatic heterocycles. The molecular weight excluding hydrogens is 330 g/mol. The molecule has 6 heteroatoms. The van der Waals surface area contributed by atoms with Crippen molar-refractivity contribution in [2.24, 2.45) is 5.92 Å². The van der Waals surface area contributed by atoms with E-state index < -0.39 is 0 Å². The van der Waals surface area contributed by atoms with E-state index in [0.29, 0.717) is 19.0 Å². The lowest BCUT2D eigenvalue weighted by Gasteiger charge is -2.29. The van der Waals surface area contributed by atoms with Gasteiger partial charge in [-0.2, -0.15) is 0 Å². The van der Waals surface area contributed by atoms with E-state index in [4.69, 9.17) is 9.47 Å². The van der Waals surface area contributed by atoms with Gasteiger partial charge in [-0.1, -0.05) is 6.07 Å². The van der Waals surface area contributed by atoms with Crippen molar-refractivity contribution in [2.75, 3.05) is 51.8 Å². The highest BCUT2D eigenvalue weighted by atomic mass is 16.5. The van der Waals surface area contributed by atoms with Crippen LogP contribution in [0.15, 0.2) is 24.3 Å². The third-order valence-electron chi connectivity index (χ3n) is 5.47. The van der Waals surface area contributed by atoms with Gasteiger partial charge in [-0.05, 0) is 44.2 Å². The second kappa shape index (κ2) is 8.16. The van der Waals surface area contributed by atoms with Crippen molar-refractivity contribution in [3.63, 3.8) is 0 Å². The predicted molar refractivity (Wildman–Crippen MR) is 103 cm³/mol. The molecule has 0 bridgehead atoms. The highest BCUT2D eigenvalue weighted by Crippen LogP contribution is 2.27. The molecule has 0 radical (unpaired) electrons. The fourth-order valence-corrected chi connectivity index (χ4v) is 3.94. The Kier molecular flexibility index (Phi) is 5.91. The number of ether oxygens (including phenoxy) is 2. The van der Waals surface area contributed by atoms with Gasteiger partial charge in [0.05, 0.1) is 19.3 Å². The van der Waals surface area contributed by atoms with Gasteiger partial charge in [-0.25, -0.2) is 4.79 Å². The van der Waals surface area contributed by atoms with E-state index in [0.717, 1.165) is 44.7 Å². The number of anilines is 1. The number of urea groups is 1. The van der Waals surface area contributed by atoms with Gasteiger partial charge >= 0.3 is 6.03 Å². The van der Waals surface area contributed by atoms with Crippen LogP contribution in [0.5, 0.6) is 5.75 Å². The Morgan fingerprint density at radius 2 is 2.35 bits per heavy atom. The summed E-state index contributed by atoms with van der Waals surface area (Å²) in [7, 11) is 3.54. The van der Waals surface area contributed by atoms with Crippen LogP contribution < -0.4 is 15.0 Å². The lowest BCUT2D eigenvalue weighted by atomic mass is 10.0. The number of rotatable bonds is 6. The minimum Gasteiger partial charge on any atom is -0.497 e. The molecule has 3 rings (SSSR count). The number of methoxy groups -OCH3 is 1. The van der Waals surface area contributed by atoms with Crippen LogP contribution in [0, 0.1) is 5.92 Å². The first-order valence-corrected chi connectivity index (χ1v) is 9.51. The number of benzene rings is 1. The van der Waals surface area contributed by atoms with Gasteiger partial charge in [0.15, 0.2) is 0 Å². The van der Waals surface area contributed by atoms with Gasteiger partial charge in [0.2, 0.25) is 0 Å². The van der Waals surface area contributed by atoms with Crippen LogP contribution in [0.1, 0.15) is 26.2 Å². The first-order valence-electron chi connectivity index (χ1n) is 9.51. The average molecular weight is 361 g/mol. The van der Waals surface area contributed by atoms with Crippen molar-refractivity contribution < 1.29 is 14.3 Å². The van der Waals surface area contributed by atoms with Crippen LogP contribution in [-0.2, 0) is 4.74 Å². The zero-order valence-corrected chi connectivity index (χ0v) is 16.2. The van der Waals surface area contributed by atoms with Crippen LogP contribution in [0.3, 0.4) is 0 Å². The van der Waals surface area contributed by atoms with Crippen LogP contribution in [0.2, 0.25) is 0 Å². The molecule has 2 saturated heterocycles. The van der Waals surface area contributed by atoms with Crippen molar-refractivity contribution in [1.29, 1.82) is 0 Å². The zero-order chi connectivity index (χ0) is 18.6. The Hall–Kier alpha value is -1.95. The Morgan fingerprint density at radius 3 is 3.08 bits per heavy atom. The summed E-state index contributed by atoms with van der Waals surface area (Å²) < 4.78 is 11.1. The molecule has 2 aliphatic heterocycles. The molecular formula is C20H31N3O3. The van der Waals surface area contributed by atoms with Crippen molar-refractivity contribution in [3.05, 3.63) is 24.3 Å². The van der Waals surface area contributed by atoms with Gasteiger partial charge in [-0.3, -0.25) is 0 Å². The quantitative estimate of drug-likeness (QED) is 0.846. The first-order chi connectivity index (χ1) is 12.5. The highest BCUT2D eigenvalue weighted by molar-refractivity contribution is 5.74. The Bertz CT molecular complexity index is 616. The van der Waals surface area contributed by atoms with E-state index in [1.165, 1.54) is 5.69 Å². The molecule has 2 aliphatic rings. The van der Waals surface area contributed by atoms with Crippen molar-refractivity contribution >= 4 is 11.7 Å². The van der Waals surface area contributed by atoms with Gasteiger partial charge < -0.3 is 24.6 Å². The van der Waals surface area contributed by atoms with E-state index in [9.17, 15) is 4.79 Å². The summed E-state index contributed by atoms with van der Waals surface area (Å²) in [6, 6.07) is 8.14. The molecule has 0 aliphatic carbocycles. The Balaban J connectivity index is 1.44. The van der Waals surface area contributed by atoms with Gasteiger partial charge in [-0.15, -0.1) is 0 Å². The molecule has 1 aromatic carbocycles. The van der Waals surface area contributed by atoms with Gasteiger partial charge in [0.1, 0.15) is 5.75 Å². The number of hydrogen-bond donors (Lipinski definition) is 1. The van der Waals surface area contributed by atoms with E-state index >= 15 is 0 Å². The lowest BCUT2D eigenvalue weighted by molar-refractivity contribution is 0.00336. The van der Waals surface area contributed by atoms with E-state index in [1.807, 2.05) is 19.2 Å². The highest BCUT2D eigenvalue weighted by Gasteiger charge is 2.32. The largest absolute Gasteiger partial charge is 0.497 e. The van der Waals surface area contributed by atoms with Crippen LogP contribution >= 0.6 is 0 Å². The number of amides is 2. The van der Waals surface area contributed by atoms with Crippen LogP contribution in [-0.4, -0.2) is 63.5 Å². The van der Waals surface area contributed by atoms with Crippen molar-refractivity contribution in [1.82, 2.24) is 10.2 Å². The summed E-state index contributed by atoms with van der Waals surface area (Å²) in [6.45, 7) is 6.20. The topological polar surface area (TPSA) is 54.0 Å². The summed E-state index contributed by atoms with van der Waals surface area (Å²) in [4.78, 5) is 16.5. The second-order valence-corrected chi connectivity index (χ2v) is 7.75. The molecule has 2 fully saturated rings. The molecule has 144 valence electrons. The molecule has 2 atom stereocenters. The molecule has 2 heterocycles. The van der Waals surface area contributed by atoms with Crippen LogP contribution in [0.4, 0.5) is 10.5 Å². The van der Waals surface area contributed by atoms with Gasteiger partial charge in [0, 0.05) is 45.0 Å². The van der Waals surface area contributed by atoms with E-state index in [1.54, 1.807) is 12.0 Å². The third kappa shape index (κ3) is 4.61. The summed E-state index contributed by atoms with van der Waals surface area (Å²) in [6.07, 6.45) is 3.18. The Labute approximate surface area is 156 Å². The number of hydrogen-bond acceptors (Lipinski definition) is 4. The van der Waals surface area contributed by atoms with Crippen molar-refractivity contribution in [3.8, 4) is 5.75 Å². The molecule has 2 amide bonds. The summed E-state index contributed by atoms with van der Waals surface area (Å²) in [5, 5.41) is 3.09. The third-order valence-corrected chi connectivity index (χ3v) is 5.47. The number of likely N-dealkylation sites (N-methyl/N-ethyl adjacent to an activating group) is 1. The molecule has 0 spiro atoms. The molecule has 1 N–H and O–H groups in total. The SMILES string of the molecule is COc1cccc(N2CCC(CNC(=O)N(C)CC3(C)CCCO3)C2)c1. The normalized spacial score (nSPS) is 25.3. The maximum absolute atomic E-state index is 12.4. The number of carbonyl (C=O) groups excluding carboxylic acids is 1.